The van der Waals surface area contributed by atoms with Gasteiger partial charge in [-0.15, -0.1) is 12.4 Å². The maximum atomic E-state index is 11.6. The Bertz CT molecular complexity index is 452. The quantitative estimate of drug-likeness (QED) is 0.810. The van der Waals surface area contributed by atoms with Crippen molar-refractivity contribution in [3.63, 3.8) is 0 Å². The molecule has 2 N–H and O–H groups in total. The lowest BCUT2D eigenvalue weighted by molar-refractivity contribution is -0.146. The van der Waals surface area contributed by atoms with Crippen molar-refractivity contribution in [3.8, 4) is 0 Å². The van der Waals surface area contributed by atoms with Crippen LogP contribution in [-0.2, 0) is 20.9 Å². The lowest BCUT2D eigenvalue weighted by atomic mass is 10.1. The van der Waals surface area contributed by atoms with Crippen molar-refractivity contribution in [2.45, 2.75) is 38.0 Å². The Morgan fingerprint density at radius 2 is 1.95 bits per heavy atom. The smallest absolute Gasteiger partial charge is 0.320 e. The standard InChI is InChI=1S/C14H17NO4.ClH/c16-13(19-9-10-4-2-1-3-5-10)8-11-6-7-12(15-11)14(17)18;/h1-5,11-12,15H,6-9H2,(H,17,18);1H/t11-,12+;/m1./s1. The molecule has 20 heavy (non-hydrogen) atoms. The van der Waals surface area contributed by atoms with E-state index in [2.05, 4.69) is 5.32 Å². The van der Waals surface area contributed by atoms with Gasteiger partial charge in [0.15, 0.2) is 0 Å². The molecule has 0 aromatic heterocycles. The fraction of sp³-hybridized carbons (Fsp3) is 0.429. The van der Waals surface area contributed by atoms with E-state index in [0.717, 1.165) is 5.56 Å². The van der Waals surface area contributed by atoms with E-state index < -0.39 is 12.0 Å². The number of rotatable bonds is 5. The number of hydrogen-bond donors (Lipinski definition) is 2. The Balaban J connectivity index is 0.00000200. The van der Waals surface area contributed by atoms with Crippen LogP contribution in [0.2, 0.25) is 0 Å². The van der Waals surface area contributed by atoms with Gasteiger partial charge >= 0.3 is 11.9 Å². The van der Waals surface area contributed by atoms with E-state index in [9.17, 15) is 9.59 Å². The molecule has 0 unspecified atom stereocenters. The van der Waals surface area contributed by atoms with Crippen LogP contribution in [0.15, 0.2) is 30.3 Å². The Kier molecular flexibility index (Phi) is 6.48. The number of nitrogens with one attached hydrogen (secondary N) is 1. The second-order valence-electron chi connectivity index (χ2n) is 4.68. The summed E-state index contributed by atoms with van der Waals surface area (Å²) in [7, 11) is 0. The molecular formula is C14H18ClNO4. The van der Waals surface area contributed by atoms with E-state index in [1.165, 1.54) is 0 Å². The summed E-state index contributed by atoms with van der Waals surface area (Å²) < 4.78 is 5.16. The lowest BCUT2D eigenvalue weighted by Crippen LogP contribution is -2.36. The minimum atomic E-state index is -0.861. The number of halogens is 1. The van der Waals surface area contributed by atoms with Crippen LogP contribution in [0.5, 0.6) is 0 Å². The number of carbonyl (C=O) groups is 2. The fourth-order valence-corrected chi connectivity index (χ4v) is 2.17. The van der Waals surface area contributed by atoms with Gasteiger partial charge in [0.25, 0.3) is 0 Å². The molecule has 0 amide bonds. The minimum Gasteiger partial charge on any atom is -0.480 e. The number of carboxylic acids is 1. The lowest BCUT2D eigenvalue weighted by Gasteiger charge is -2.11. The number of esters is 1. The molecular weight excluding hydrogens is 282 g/mol. The Labute approximate surface area is 123 Å². The molecule has 1 heterocycles. The maximum Gasteiger partial charge on any atom is 0.320 e. The van der Waals surface area contributed by atoms with Gasteiger partial charge in [-0.1, -0.05) is 30.3 Å². The molecule has 1 fully saturated rings. The molecule has 1 aromatic carbocycles. The molecule has 1 aromatic rings. The van der Waals surface area contributed by atoms with Gasteiger partial charge in [0.1, 0.15) is 12.6 Å². The number of benzene rings is 1. The highest BCUT2D eigenvalue weighted by Gasteiger charge is 2.30. The molecule has 1 aliphatic rings. The summed E-state index contributed by atoms with van der Waals surface area (Å²) in [5.74, 6) is -1.16. The van der Waals surface area contributed by atoms with Crippen LogP contribution in [0, 0.1) is 0 Å². The molecule has 1 saturated heterocycles. The summed E-state index contributed by atoms with van der Waals surface area (Å²) in [6.45, 7) is 0.259. The van der Waals surface area contributed by atoms with Gasteiger partial charge in [-0.05, 0) is 18.4 Å². The third-order valence-corrected chi connectivity index (χ3v) is 3.19. The molecule has 0 bridgehead atoms. The highest BCUT2D eigenvalue weighted by Crippen LogP contribution is 2.16. The van der Waals surface area contributed by atoms with E-state index >= 15 is 0 Å². The van der Waals surface area contributed by atoms with Crippen LogP contribution < -0.4 is 5.32 Å². The van der Waals surface area contributed by atoms with E-state index in [1.54, 1.807) is 0 Å². The summed E-state index contributed by atoms with van der Waals surface area (Å²) in [5, 5.41) is 11.8. The predicted molar refractivity (Wildman–Crippen MR) is 75.7 cm³/mol. The Hall–Kier alpha value is -1.59. The Morgan fingerprint density at radius 1 is 1.25 bits per heavy atom. The van der Waals surface area contributed by atoms with Gasteiger partial charge in [-0.3, -0.25) is 9.59 Å². The van der Waals surface area contributed by atoms with Crippen LogP contribution in [0.3, 0.4) is 0 Å². The number of carboxylic acid groups (broad SMARTS) is 1. The topological polar surface area (TPSA) is 75.6 Å². The first kappa shape index (κ1) is 16.5. The zero-order chi connectivity index (χ0) is 13.7. The average molecular weight is 300 g/mol. The van der Waals surface area contributed by atoms with Crippen molar-refractivity contribution in [1.82, 2.24) is 5.32 Å². The molecule has 1 aliphatic heterocycles. The molecule has 2 rings (SSSR count). The van der Waals surface area contributed by atoms with Gasteiger partial charge in [0.05, 0.1) is 6.42 Å². The van der Waals surface area contributed by atoms with Crippen LogP contribution in [0.1, 0.15) is 24.8 Å². The first-order valence-electron chi connectivity index (χ1n) is 6.33. The summed E-state index contributed by atoms with van der Waals surface area (Å²) in [6.07, 6.45) is 1.47. The third kappa shape index (κ3) is 4.83. The van der Waals surface area contributed by atoms with Crippen LogP contribution in [0.4, 0.5) is 0 Å². The summed E-state index contributed by atoms with van der Waals surface area (Å²) in [5.41, 5.74) is 0.943. The highest BCUT2D eigenvalue weighted by atomic mass is 35.5. The maximum absolute atomic E-state index is 11.6. The Morgan fingerprint density at radius 3 is 2.55 bits per heavy atom. The van der Waals surface area contributed by atoms with Crippen molar-refractivity contribution >= 4 is 24.3 Å². The molecule has 0 radical (unpaired) electrons. The van der Waals surface area contributed by atoms with E-state index in [4.69, 9.17) is 9.84 Å². The van der Waals surface area contributed by atoms with Crippen LogP contribution >= 0.6 is 12.4 Å². The number of hydrogen-bond acceptors (Lipinski definition) is 4. The SMILES string of the molecule is Cl.O=C(C[C@H]1CC[C@@H](C(=O)O)N1)OCc1ccccc1. The molecule has 0 saturated carbocycles. The minimum absolute atomic E-state index is 0. The van der Waals surface area contributed by atoms with Gasteiger partial charge in [0.2, 0.25) is 0 Å². The van der Waals surface area contributed by atoms with Crippen molar-refractivity contribution in [1.29, 1.82) is 0 Å². The second-order valence-corrected chi connectivity index (χ2v) is 4.68. The number of ether oxygens (including phenoxy) is 1. The normalized spacial score (nSPS) is 21.0. The number of aliphatic carboxylic acids is 1. The molecule has 110 valence electrons. The monoisotopic (exact) mass is 299 g/mol. The second kappa shape index (κ2) is 7.87. The van der Waals surface area contributed by atoms with Crippen molar-refractivity contribution in [2.24, 2.45) is 0 Å². The fourth-order valence-electron chi connectivity index (χ4n) is 2.17. The first-order chi connectivity index (χ1) is 9.15. The first-order valence-corrected chi connectivity index (χ1v) is 6.33. The average Bonchev–Trinajstić information content (AvgIpc) is 2.86. The van der Waals surface area contributed by atoms with Gasteiger partial charge in [-0.25, -0.2) is 0 Å². The molecule has 0 spiro atoms. The molecule has 5 nitrogen and oxygen atoms in total. The van der Waals surface area contributed by atoms with E-state index in [1.807, 2.05) is 30.3 Å². The van der Waals surface area contributed by atoms with Crippen LogP contribution in [0.25, 0.3) is 0 Å². The van der Waals surface area contributed by atoms with E-state index in [0.29, 0.717) is 12.8 Å². The summed E-state index contributed by atoms with van der Waals surface area (Å²) in [6, 6.07) is 8.83. The molecule has 2 atom stereocenters. The van der Waals surface area contributed by atoms with Crippen LogP contribution in [-0.4, -0.2) is 29.1 Å². The van der Waals surface area contributed by atoms with Crippen molar-refractivity contribution < 1.29 is 19.4 Å². The predicted octanol–water partition coefficient (Wildman–Crippen LogP) is 1.75. The third-order valence-electron chi connectivity index (χ3n) is 3.19. The van der Waals surface area contributed by atoms with Crippen molar-refractivity contribution in [2.75, 3.05) is 0 Å². The zero-order valence-electron chi connectivity index (χ0n) is 11.0. The number of carbonyl (C=O) groups excluding carboxylic acids is 1. The van der Waals surface area contributed by atoms with Gasteiger partial charge < -0.3 is 15.2 Å². The molecule has 6 heteroatoms. The largest absolute Gasteiger partial charge is 0.480 e. The van der Waals surface area contributed by atoms with Gasteiger partial charge in [-0.2, -0.15) is 0 Å². The summed E-state index contributed by atoms with van der Waals surface area (Å²) in [4.78, 5) is 22.4. The highest BCUT2D eigenvalue weighted by molar-refractivity contribution is 5.85. The molecule has 0 aliphatic carbocycles. The van der Waals surface area contributed by atoms with E-state index in [-0.39, 0.29) is 37.4 Å². The van der Waals surface area contributed by atoms with Crippen molar-refractivity contribution in [3.05, 3.63) is 35.9 Å². The zero-order valence-corrected chi connectivity index (χ0v) is 11.8. The summed E-state index contributed by atoms with van der Waals surface area (Å²) >= 11 is 0. The van der Waals surface area contributed by atoms with Gasteiger partial charge in [0, 0.05) is 6.04 Å².